The summed E-state index contributed by atoms with van der Waals surface area (Å²) in [7, 11) is 0. The number of hydrogen-bond acceptors (Lipinski definition) is 2. The molecule has 1 heterocycles. The maximum absolute atomic E-state index is 12.3. The third-order valence-corrected chi connectivity index (χ3v) is 5.84. The average molecular weight is 329 g/mol. The Hall–Kier alpha value is -1.51. The molecule has 1 aromatic rings. The average Bonchev–Trinajstić information content (AvgIpc) is 2.61. The lowest BCUT2D eigenvalue weighted by Crippen LogP contribution is -2.41. The van der Waals surface area contributed by atoms with Gasteiger partial charge in [-0.05, 0) is 49.1 Å². The molecule has 0 aromatic heterocycles. The van der Waals surface area contributed by atoms with Crippen LogP contribution < -0.4 is 10.6 Å². The first-order valence-corrected chi connectivity index (χ1v) is 9.77. The number of anilines is 1. The highest BCUT2D eigenvalue weighted by molar-refractivity contribution is 5.78. The van der Waals surface area contributed by atoms with Gasteiger partial charge in [-0.25, -0.2) is 0 Å². The second kappa shape index (κ2) is 8.04. The molecule has 0 spiro atoms. The zero-order chi connectivity index (χ0) is 16.9. The Labute approximate surface area is 146 Å². The van der Waals surface area contributed by atoms with Crippen LogP contribution in [0.3, 0.4) is 0 Å². The van der Waals surface area contributed by atoms with Gasteiger partial charge in [0, 0.05) is 24.2 Å². The molecule has 3 rings (SSSR count). The van der Waals surface area contributed by atoms with E-state index in [4.69, 9.17) is 0 Å². The molecule has 0 saturated heterocycles. The van der Waals surface area contributed by atoms with E-state index >= 15 is 0 Å². The number of fused-ring (bicyclic) bond motifs is 1. The Kier molecular flexibility index (Phi) is 5.80. The van der Waals surface area contributed by atoms with Crippen molar-refractivity contribution in [3.8, 4) is 0 Å². The van der Waals surface area contributed by atoms with Gasteiger partial charge in [0.25, 0.3) is 0 Å². The molecule has 2 N–H and O–H groups in total. The minimum absolute atomic E-state index is 0.268. The van der Waals surface area contributed by atoms with Crippen LogP contribution in [0.1, 0.15) is 57.9 Å². The van der Waals surface area contributed by atoms with Crippen LogP contribution in [0, 0.1) is 17.8 Å². The van der Waals surface area contributed by atoms with E-state index in [0.717, 1.165) is 32.2 Å². The van der Waals surface area contributed by atoms with Crippen molar-refractivity contribution >= 4 is 11.6 Å². The van der Waals surface area contributed by atoms with Crippen LogP contribution in [-0.2, 0) is 11.2 Å². The van der Waals surface area contributed by atoms with Gasteiger partial charge in [-0.15, -0.1) is 0 Å². The number of nitrogens with one attached hydrogen (secondary N) is 2. The molecule has 3 nitrogen and oxygen atoms in total. The monoisotopic (exact) mass is 328 g/mol. The Morgan fingerprint density at radius 1 is 1.21 bits per heavy atom. The predicted octanol–water partition coefficient (Wildman–Crippen LogP) is 4.38. The highest BCUT2D eigenvalue weighted by atomic mass is 16.1. The summed E-state index contributed by atoms with van der Waals surface area (Å²) in [4.78, 5) is 12.3. The number of carbonyl (C=O) groups excluding carboxylic acids is 1. The fourth-order valence-corrected chi connectivity index (χ4v) is 4.43. The van der Waals surface area contributed by atoms with E-state index in [2.05, 4.69) is 48.7 Å². The van der Waals surface area contributed by atoms with Crippen molar-refractivity contribution in [2.75, 3.05) is 11.9 Å². The number of amides is 1. The van der Waals surface area contributed by atoms with Crippen LogP contribution in [0.5, 0.6) is 0 Å². The van der Waals surface area contributed by atoms with Crippen molar-refractivity contribution in [3.05, 3.63) is 29.8 Å². The fourth-order valence-electron chi connectivity index (χ4n) is 4.43. The molecule has 0 radical (unpaired) electrons. The van der Waals surface area contributed by atoms with Gasteiger partial charge in [0.1, 0.15) is 0 Å². The second-order valence-electron chi connectivity index (χ2n) is 7.95. The first-order valence-electron chi connectivity index (χ1n) is 9.77. The highest BCUT2D eigenvalue weighted by Gasteiger charge is 2.30. The zero-order valence-electron chi connectivity index (χ0n) is 15.2. The van der Waals surface area contributed by atoms with Crippen LogP contribution in [0.15, 0.2) is 24.3 Å². The first kappa shape index (κ1) is 17.3. The Morgan fingerprint density at radius 3 is 2.71 bits per heavy atom. The molecule has 1 saturated carbocycles. The summed E-state index contributed by atoms with van der Waals surface area (Å²) in [5.74, 6) is 1.74. The summed E-state index contributed by atoms with van der Waals surface area (Å²) < 4.78 is 0. The number of benzene rings is 1. The SMILES string of the molecule is CC(C)[C@@H]1Nc2ccccc2C[C@@H]1CCNC(=O)C1CCCCC1. The molecule has 3 heteroatoms. The number of rotatable bonds is 5. The number of para-hydroxylation sites is 1. The molecule has 1 aromatic carbocycles. The third-order valence-electron chi connectivity index (χ3n) is 5.84. The van der Waals surface area contributed by atoms with Crippen LogP contribution in [0.25, 0.3) is 0 Å². The maximum Gasteiger partial charge on any atom is 0.223 e. The zero-order valence-corrected chi connectivity index (χ0v) is 15.2. The highest BCUT2D eigenvalue weighted by Crippen LogP contribution is 2.33. The minimum atomic E-state index is 0.268. The lowest BCUT2D eigenvalue weighted by atomic mass is 9.80. The lowest BCUT2D eigenvalue weighted by molar-refractivity contribution is -0.125. The minimum Gasteiger partial charge on any atom is -0.382 e. The topological polar surface area (TPSA) is 41.1 Å². The van der Waals surface area contributed by atoms with E-state index in [1.165, 1.54) is 30.5 Å². The van der Waals surface area contributed by atoms with Crippen LogP contribution >= 0.6 is 0 Å². The molecule has 132 valence electrons. The van der Waals surface area contributed by atoms with Crippen LogP contribution in [0.2, 0.25) is 0 Å². The fraction of sp³-hybridized carbons (Fsp3) is 0.667. The molecule has 24 heavy (non-hydrogen) atoms. The summed E-state index contributed by atoms with van der Waals surface area (Å²) in [5.41, 5.74) is 2.71. The van der Waals surface area contributed by atoms with E-state index in [-0.39, 0.29) is 5.92 Å². The molecule has 2 aliphatic rings. The Morgan fingerprint density at radius 2 is 1.96 bits per heavy atom. The van der Waals surface area contributed by atoms with Crippen molar-refractivity contribution in [2.24, 2.45) is 17.8 Å². The molecule has 0 bridgehead atoms. The van der Waals surface area contributed by atoms with Crippen molar-refractivity contribution in [1.82, 2.24) is 5.32 Å². The molecule has 0 unspecified atom stereocenters. The maximum atomic E-state index is 12.3. The smallest absolute Gasteiger partial charge is 0.223 e. The van der Waals surface area contributed by atoms with Crippen molar-refractivity contribution < 1.29 is 4.79 Å². The van der Waals surface area contributed by atoms with Gasteiger partial charge < -0.3 is 10.6 Å². The van der Waals surface area contributed by atoms with Crippen molar-refractivity contribution in [3.63, 3.8) is 0 Å². The largest absolute Gasteiger partial charge is 0.382 e. The summed E-state index contributed by atoms with van der Waals surface area (Å²) in [6.45, 7) is 5.39. The summed E-state index contributed by atoms with van der Waals surface area (Å²) in [6, 6.07) is 9.14. The van der Waals surface area contributed by atoms with E-state index in [1.807, 2.05) is 0 Å². The number of carbonyl (C=O) groups is 1. The van der Waals surface area contributed by atoms with E-state index in [1.54, 1.807) is 0 Å². The summed E-state index contributed by atoms with van der Waals surface area (Å²) >= 11 is 0. The molecule has 1 amide bonds. The van der Waals surface area contributed by atoms with Gasteiger partial charge in [-0.2, -0.15) is 0 Å². The normalized spacial score (nSPS) is 24.3. The van der Waals surface area contributed by atoms with Gasteiger partial charge in [0.05, 0.1) is 0 Å². The van der Waals surface area contributed by atoms with Crippen molar-refractivity contribution in [2.45, 2.75) is 64.8 Å². The van der Waals surface area contributed by atoms with Crippen LogP contribution in [-0.4, -0.2) is 18.5 Å². The van der Waals surface area contributed by atoms with E-state index < -0.39 is 0 Å². The molecule has 1 fully saturated rings. The molecular formula is C21H32N2O. The Balaban J connectivity index is 1.54. The standard InChI is InChI=1S/C21H32N2O/c1-15(2)20-18(14-17-10-6-7-11-19(17)23-20)12-13-22-21(24)16-8-4-3-5-9-16/h6-7,10-11,15-16,18,20,23H,3-5,8-9,12-14H2,1-2H3,(H,22,24)/t18-,20-/m0/s1. The van der Waals surface area contributed by atoms with Gasteiger partial charge in [0.15, 0.2) is 0 Å². The third kappa shape index (κ3) is 4.12. The quantitative estimate of drug-likeness (QED) is 0.842. The molecular weight excluding hydrogens is 296 g/mol. The van der Waals surface area contributed by atoms with Gasteiger partial charge >= 0.3 is 0 Å². The van der Waals surface area contributed by atoms with E-state index in [0.29, 0.717) is 23.8 Å². The molecule has 1 aliphatic carbocycles. The lowest BCUT2D eigenvalue weighted by Gasteiger charge is -2.37. The summed E-state index contributed by atoms with van der Waals surface area (Å²) in [6.07, 6.45) is 8.08. The van der Waals surface area contributed by atoms with Gasteiger partial charge in [0.2, 0.25) is 5.91 Å². The summed E-state index contributed by atoms with van der Waals surface area (Å²) in [5, 5.41) is 6.95. The van der Waals surface area contributed by atoms with Gasteiger partial charge in [-0.1, -0.05) is 51.3 Å². The van der Waals surface area contributed by atoms with Gasteiger partial charge in [-0.3, -0.25) is 4.79 Å². The Bertz CT molecular complexity index is 549. The van der Waals surface area contributed by atoms with Crippen molar-refractivity contribution in [1.29, 1.82) is 0 Å². The second-order valence-corrected chi connectivity index (χ2v) is 7.95. The van der Waals surface area contributed by atoms with Crippen LogP contribution in [0.4, 0.5) is 5.69 Å². The first-order chi connectivity index (χ1) is 11.6. The number of hydrogen-bond donors (Lipinski definition) is 2. The molecule has 2 atom stereocenters. The molecule has 1 aliphatic heterocycles. The predicted molar refractivity (Wildman–Crippen MR) is 100 cm³/mol. The van der Waals surface area contributed by atoms with E-state index in [9.17, 15) is 4.79 Å².